The molecule has 180 valence electrons. The number of ether oxygens (including phenoxy) is 1. The number of hydrogen-bond donors (Lipinski definition) is 0. The minimum Gasteiger partial charge on any atom is -0.360 e. The molecule has 0 spiro atoms. The second-order valence-electron chi connectivity index (χ2n) is 10.1. The lowest BCUT2D eigenvalue weighted by molar-refractivity contribution is -0.137. The van der Waals surface area contributed by atoms with Gasteiger partial charge in [-0.05, 0) is 54.9 Å². The molecule has 2 aliphatic heterocycles. The van der Waals surface area contributed by atoms with E-state index in [4.69, 9.17) is 10.00 Å². The smallest absolute Gasteiger partial charge is 0.227 e. The maximum atomic E-state index is 12.9. The fourth-order valence-corrected chi connectivity index (χ4v) is 5.99. The lowest BCUT2D eigenvalue weighted by atomic mass is 9.88. The second kappa shape index (κ2) is 9.79. The summed E-state index contributed by atoms with van der Waals surface area (Å²) >= 11 is 0. The van der Waals surface area contributed by atoms with Crippen LogP contribution in [0.15, 0.2) is 24.4 Å². The quantitative estimate of drug-likeness (QED) is 0.698. The molecule has 1 atom stereocenters. The Labute approximate surface area is 201 Å². The Bertz CT molecular complexity index is 1100. The van der Waals surface area contributed by atoms with Crippen molar-refractivity contribution in [2.45, 2.75) is 57.0 Å². The highest BCUT2D eigenvalue weighted by Crippen LogP contribution is 2.36. The first-order valence-electron chi connectivity index (χ1n) is 12.7. The van der Waals surface area contributed by atoms with Crippen molar-refractivity contribution in [2.75, 3.05) is 32.8 Å². The monoisotopic (exact) mass is 462 g/mol. The Morgan fingerprint density at radius 2 is 1.85 bits per heavy atom. The number of fused-ring (bicyclic) bond motifs is 1. The molecule has 7 nitrogen and oxygen atoms in total. The van der Waals surface area contributed by atoms with Crippen molar-refractivity contribution in [3.05, 3.63) is 35.5 Å². The molecule has 7 heteroatoms. The molecule has 1 unspecified atom stereocenters. The number of amides is 2. The van der Waals surface area contributed by atoms with Gasteiger partial charge < -0.3 is 19.1 Å². The van der Waals surface area contributed by atoms with E-state index < -0.39 is 6.10 Å². The minimum atomic E-state index is -0.535. The molecule has 0 N–H and O–H groups in total. The van der Waals surface area contributed by atoms with Crippen LogP contribution in [-0.2, 0) is 27.8 Å². The van der Waals surface area contributed by atoms with E-state index in [-0.39, 0.29) is 11.8 Å². The van der Waals surface area contributed by atoms with Crippen LogP contribution in [0.5, 0.6) is 0 Å². The molecule has 3 aliphatic rings. The van der Waals surface area contributed by atoms with E-state index in [2.05, 4.69) is 40.9 Å². The first-order chi connectivity index (χ1) is 16.5. The number of benzene rings is 1. The third-order valence-electron chi connectivity index (χ3n) is 7.95. The summed E-state index contributed by atoms with van der Waals surface area (Å²) in [7, 11) is 2.07. The number of carbonyl (C=O) groups excluding carboxylic acids is 2. The highest BCUT2D eigenvalue weighted by molar-refractivity contribution is 5.87. The van der Waals surface area contributed by atoms with Gasteiger partial charge in [0.05, 0.1) is 25.6 Å². The Hall–Kier alpha value is -2.85. The van der Waals surface area contributed by atoms with Crippen LogP contribution >= 0.6 is 0 Å². The molecule has 0 bridgehead atoms. The summed E-state index contributed by atoms with van der Waals surface area (Å²) < 4.78 is 7.54. The predicted molar refractivity (Wildman–Crippen MR) is 129 cm³/mol. The Kier molecular flexibility index (Phi) is 6.60. The molecule has 5 rings (SSSR count). The molecular formula is C27H34N4O3. The van der Waals surface area contributed by atoms with Crippen molar-refractivity contribution in [1.29, 1.82) is 5.26 Å². The molecule has 1 aliphatic carbocycles. The van der Waals surface area contributed by atoms with Crippen molar-refractivity contribution in [1.82, 2.24) is 14.4 Å². The molecule has 3 heterocycles. The highest BCUT2D eigenvalue weighted by atomic mass is 16.5. The number of rotatable bonds is 4. The molecule has 2 aromatic rings. The summed E-state index contributed by atoms with van der Waals surface area (Å²) in [6.07, 6.45) is 8.51. The fraction of sp³-hybridized carbons (Fsp3) is 0.593. The SMILES string of the molecule is Cn1cc(C2CCN(C(=O)C3CCCC3)CC2)c2cc(CC(=O)N3CCOC(C#N)C3)ccc21. The summed E-state index contributed by atoms with van der Waals surface area (Å²) in [4.78, 5) is 29.6. The van der Waals surface area contributed by atoms with Gasteiger partial charge in [-0.25, -0.2) is 0 Å². The van der Waals surface area contributed by atoms with E-state index in [1.54, 1.807) is 4.90 Å². The van der Waals surface area contributed by atoms with Crippen molar-refractivity contribution < 1.29 is 14.3 Å². The maximum Gasteiger partial charge on any atom is 0.227 e. The van der Waals surface area contributed by atoms with Gasteiger partial charge in [0.25, 0.3) is 0 Å². The Balaban J connectivity index is 1.28. The predicted octanol–water partition coefficient (Wildman–Crippen LogP) is 3.37. The fourth-order valence-electron chi connectivity index (χ4n) is 5.99. The number of carbonyl (C=O) groups is 2. The van der Waals surface area contributed by atoms with Crippen molar-refractivity contribution in [3.8, 4) is 6.07 Å². The topological polar surface area (TPSA) is 78.6 Å². The van der Waals surface area contributed by atoms with E-state index in [1.807, 2.05) is 6.07 Å². The van der Waals surface area contributed by atoms with Gasteiger partial charge in [-0.15, -0.1) is 0 Å². The Morgan fingerprint density at radius 3 is 2.59 bits per heavy atom. The van der Waals surface area contributed by atoms with Gasteiger partial charge in [0.2, 0.25) is 11.8 Å². The Morgan fingerprint density at radius 1 is 1.09 bits per heavy atom. The number of nitrogens with zero attached hydrogens (tertiary/aromatic N) is 4. The zero-order chi connectivity index (χ0) is 23.7. The van der Waals surface area contributed by atoms with Crippen LogP contribution in [-0.4, -0.2) is 65.1 Å². The van der Waals surface area contributed by atoms with Gasteiger partial charge in [0.1, 0.15) is 0 Å². The number of nitriles is 1. The number of aryl methyl sites for hydroxylation is 1. The van der Waals surface area contributed by atoms with Crippen LogP contribution in [0.1, 0.15) is 55.6 Å². The highest BCUT2D eigenvalue weighted by Gasteiger charge is 2.31. The van der Waals surface area contributed by atoms with Gasteiger partial charge >= 0.3 is 0 Å². The van der Waals surface area contributed by atoms with Gasteiger partial charge in [-0.3, -0.25) is 9.59 Å². The van der Waals surface area contributed by atoms with Crippen molar-refractivity contribution in [2.24, 2.45) is 13.0 Å². The third kappa shape index (κ3) is 4.56. The second-order valence-corrected chi connectivity index (χ2v) is 10.1. The summed E-state index contributed by atoms with van der Waals surface area (Å²) in [6, 6.07) is 8.42. The summed E-state index contributed by atoms with van der Waals surface area (Å²) in [6.45, 7) is 2.96. The van der Waals surface area contributed by atoms with Crippen LogP contribution in [0.4, 0.5) is 0 Å². The van der Waals surface area contributed by atoms with E-state index in [0.29, 0.717) is 37.9 Å². The number of morpholine rings is 1. The van der Waals surface area contributed by atoms with Gasteiger partial charge in [0, 0.05) is 49.7 Å². The molecule has 1 aromatic carbocycles. The standard InChI is InChI=1S/C27H34N4O3/c1-29-18-24(20-8-10-30(11-9-20)27(33)21-4-2-3-5-21)23-14-19(6-7-25(23)29)15-26(32)31-12-13-34-22(16-28)17-31/h6-7,14,18,20-22H,2-5,8-13,15,17H2,1H3. The zero-order valence-electron chi connectivity index (χ0n) is 20.0. The van der Waals surface area contributed by atoms with Crippen LogP contribution in [0.2, 0.25) is 0 Å². The zero-order valence-corrected chi connectivity index (χ0v) is 20.0. The average Bonchev–Trinajstić information content (AvgIpc) is 3.52. The van der Waals surface area contributed by atoms with E-state index >= 15 is 0 Å². The lowest BCUT2D eigenvalue weighted by Gasteiger charge is -2.33. The third-order valence-corrected chi connectivity index (χ3v) is 7.95. The number of piperidine rings is 1. The molecule has 2 amide bonds. The lowest BCUT2D eigenvalue weighted by Crippen LogP contribution is -2.45. The molecule has 1 aromatic heterocycles. The van der Waals surface area contributed by atoms with Crippen molar-refractivity contribution >= 4 is 22.7 Å². The minimum absolute atomic E-state index is 0.0408. The molecule has 34 heavy (non-hydrogen) atoms. The number of aromatic nitrogens is 1. The van der Waals surface area contributed by atoms with E-state index in [0.717, 1.165) is 44.3 Å². The molecule has 0 radical (unpaired) electrons. The maximum absolute atomic E-state index is 12.9. The summed E-state index contributed by atoms with van der Waals surface area (Å²) in [5, 5.41) is 10.3. The average molecular weight is 463 g/mol. The summed E-state index contributed by atoms with van der Waals surface area (Å²) in [5.41, 5.74) is 3.50. The first-order valence-corrected chi connectivity index (χ1v) is 12.7. The number of hydrogen-bond acceptors (Lipinski definition) is 4. The van der Waals surface area contributed by atoms with E-state index in [9.17, 15) is 9.59 Å². The van der Waals surface area contributed by atoms with Gasteiger partial charge in [0.15, 0.2) is 6.10 Å². The van der Waals surface area contributed by atoms with E-state index in [1.165, 1.54) is 29.3 Å². The molecule has 1 saturated carbocycles. The molecule has 2 saturated heterocycles. The first kappa shape index (κ1) is 22.9. The van der Waals surface area contributed by atoms with Crippen LogP contribution in [0, 0.1) is 17.2 Å². The largest absolute Gasteiger partial charge is 0.360 e. The van der Waals surface area contributed by atoms with Crippen LogP contribution < -0.4 is 0 Å². The number of likely N-dealkylation sites (tertiary alicyclic amines) is 1. The van der Waals surface area contributed by atoms with Gasteiger partial charge in [-0.1, -0.05) is 18.9 Å². The summed E-state index contributed by atoms with van der Waals surface area (Å²) in [5.74, 6) is 1.09. The normalized spacial score (nSPS) is 22.3. The molecular weight excluding hydrogens is 428 g/mol. The van der Waals surface area contributed by atoms with Crippen LogP contribution in [0.25, 0.3) is 10.9 Å². The van der Waals surface area contributed by atoms with Gasteiger partial charge in [-0.2, -0.15) is 5.26 Å². The van der Waals surface area contributed by atoms with Crippen molar-refractivity contribution in [3.63, 3.8) is 0 Å². The van der Waals surface area contributed by atoms with Crippen LogP contribution in [0.3, 0.4) is 0 Å². The molecule has 3 fully saturated rings.